The normalized spacial score (nSPS) is 16.4. The number of para-hydroxylation sites is 1. The molecule has 1 unspecified atom stereocenters. The number of amidine groups is 2. The molecule has 3 heterocycles. The molecule has 15 heteroatoms. The SMILES string of the molecule is NS(=O)(=O)c1ccc(CCNC(=O)CSC2=Nc3ccccc3C3=NC(CC(=O)NCc4ccc5c(c4)OCO5)C(=O)N23)cc1. The van der Waals surface area contributed by atoms with Crippen LogP contribution in [0.25, 0.3) is 0 Å². The molecule has 1 atom stereocenters. The lowest BCUT2D eigenvalue weighted by molar-refractivity contribution is -0.128. The van der Waals surface area contributed by atoms with E-state index in [2.05, 4.69) is 20.6 Å². The average Bonchev–Trinajstić information content (AvgIpc) is 3.63. The predicted octanol–water partition coefficient (Wildman–Crippen LogP) is 1.82. The summed E-state index contributed by atoms with van der Waals surface area (Å²) in [5.41, 5.74) is 2.93. The number of nitrogens with zero attached hydrogens (tertiary/aromatic N) is 3. The Kier molecular flexibility index (Phi) is 8.56. The summed E-state index contributed by atoms with van der Waals surface area (Å²) in [6.07, 6.45) is 0.331. The molecule has 13 nitrogen and oxygen atoms in total. The Labute approximate surface area is 262 Å². The second-order valence-corrected chi connectivity index (χ2v) is 12.8. The summed E-state index contributed by atoms with van der Waals surface area (Å²) in [6, 6.07) is 17.8. The molecule has 3 aliphatic rings. The third-order valence-electron chi connectivity index (χ3n) is 7.17. The van der Waals surface area contributed by atoms with E-state index < -0.39 is 22.0 Å². The summed E-state index contributed by atoms with van der Waals surface area (Å²) >= 11 is 1.10. The fourth-order valence-electron chi connectivity index (χ4n) is 4.90. The Morgan fingerprint density at radius 3 is 2.53 bits per heavy atom. The first kappa shape index (κ1) is 30.3. The van der Waals surface area contributed by atoms with Crippen LogP contribution in [0, 0.1) is 0 Å². The number of carbonyl (C=O) groups is 3. The minimum atomic E-state index is -3.77. The second-order valence-electron chi connectivity index (χ2n) is 10.3. The van der Waals surface area contributed by atoms with Gasteiger partial charge in [0.05, 0.1) is 22.8 Å². The highest BCUT2D eigenvalue weighted by Crippen LogP contribution is 2.34. The maximum Gasteiger partial charge on any atom is 0.259 e. The summed E-state index contributed by atoms with van der Waals surface area (Å²) in [5, 5.41) is 11.1. The molecule has 0 fully saturated rings. The molecule has 0 saturated carbocycles. The van der Waals surface area contributed by atoms with Gasteiger partial charge in [0, 0.05) is 18.7 Å². The number of nitrogens with two attached hydrogens (primary N) is 1. The van der Waals surface area contributed by atoms with Crippen molar-refractivity contribution in [1.29, 1.82) is 0 Å². The van der Waals surface area contributed by atoms with E-state index in [1.165, 1.54) is 17.0 Å². The van der Waals surface area contributed by atoms with Gasteiger partial charge in [0.1, 0.15) is 11.9 Å². The minimum Gasteiger partial charge on any atom is -0.454 e. The molecule has 45 heavy (non-hydrogen) atoms. The number of sulfonamides is 1. The van der Waals surface area contributed by atoms with Crippen LogP contribution >= 0.6 is 11.8 Å². The lowest BCUT2D eigenvalue weighted by atomic mass is 10.1. The van der Waals surface area contributed by atoms with Gasteiger partial charge in [0.15, 0.2) is 16.7 Å². The summed E-state index contributed by atoms with van der Waals surface area (Å²) in [7, 11) is -3.77. The van der Waals surface area contributed by atoms with E-state index >= 15 is 0 Å². The highest BCUT2D eigenvalue weighted by atomic mass is 32.2. The fraction of sp³-hybridized carbons (Fsp3) is 0.233. The van der Waals surface area contributed by atoms with Crippen molar-refractivity contribution in [2.45, 2.75) is 30.3 Å². The first-order valence-corrected chi connectivity index (χ1v) is 16.5. The topological polar surface area (TPSA) is 182 Å². The number of amides is 3. The molecule has 0 saturated heterocycles. The van der Waals surface area contributed by atoms with Crippen molar-refractivity contribution in [3.05, 3.63) is 83.4 Å². The van der Waals surface area contributed by atoms with Crippen molar-refractivity contribution in [3.63, 3.8) is 0 Å². The van der Waals surface area contributed by atoms with E-state index in [0.29, 0.717) is 46.7 Å². The average molecular weight is 649 g/mol. The van der Waals surface area contributed by atoms with E-state index in [0.717, 1.165) is 22.9 Å². The molecule has 3 aliphatic heterocycles. The van der Waals surface area contributed by atoms with Crippen molar-refractivity contribution in [2.75, 3.05) is 19.1 Å². The van der Waals surface area contributed by atoms with Gasteiger partial charge in [-0.05, 0) is 53.9 Å². The van der Waals surface area contributed by atoms with Crippen molar-refractivity contribution in [2.24, 2.45) is 15.1 Å². The van der Waals surface area contributed by atoms with Crippen LogP contribution in [0.1, 0.15) is 23.1 Å². The molecular weight excluding hydrogens is 620 g/mol. The van der Waals surface area contributed by atoms with Crippen LogP contribution < -0.4 is 25.2 Å². The molecule has 3 aromatic rings. The number of fused-ring (bicyclic) bond motifs is 4. The summed E-state index contributed by atoms with van der Waals surface area (Å²) in [6.45, 7) is 0.728. The van der Waals surface area contributed by atoms with Gasteiger partial charge < -0.3 is 20.1 Å². The molecule has 0 radical (unpaired) electrons. The maximum absolute atomic E-state index is 13.5. The molecule has 3 amide bonds. The second kappa shape index (κ2) is 12.7. The number of hydrogen-bond donors (Lipinski definition) is 3. The number of thioether (sulfide) groups is 1. The summed E-state index contributed by atoms with van der Waals surface area (Å²) < 4.78 is 33.6. The molecule has 6 rings (SSSR count). The van der Waals surface area contributed by atoms with Crippen molar-refractivity contribution in [3.8, 4) is 11.5 Å². The van der Waals surface area contributed by atoms with Gasteiger partial charge in [-0.15, -0.1) is 0 Å². The Morgan fingerprint density at radius 1 is 0.978 bits per heavy atom. The molecular formula is C30H28N6O7S2. The van der Waals surface area contributed by atoms with Crippen LogP contribution in [-0.2, 0) is 37.4 Å². The largest absolute Gasteiger partial charge is 0.454 e. The molecule has 232 valence electrons. The number of ether oxygens (including phenoxy) is 2. The van der Waals surface area contributed by atoms with Crippen LogP contribution in [0.2, 0.25) is 0 Å². The van der Waals surface area contributed by atoms with Crippen molar-refractivity contribution >= 4 is 56.2 Å². The number of carbonyl (C=O) groups excluding carboxylic acids is 3. The van der Waals surface area contributed by atoms with E-state index in [4.69, 9.17) is 14.6 Å². The summed E-state index contributed by atoms with van der Waals surface area (Å²) in [4.78, 5) is 49.6. The van der Waals surface area contributed by atoms with Gasteiger partial charge in [0.2, 0.25) is 28.6 Å². The van der Waals surface area contributed by atoms with Gasteiger partial charge in [-0.3, -0.25) is 19.4 Å². The predicted molar refractivity (Wildman–Crippen MR) is 167 cm³/mol. The van der Waals surface area contributed by atoms with E-state index in [9.17, 15) is 22.8 Å². The highest BCUT2D eigenvalue weighted by Gasteiger charge is 2.42. The Hall–Kier alpha value is -4.73. The third-order valence-corrected chi connectivity index (χ3v) is 9.04. The minimum absolute atomic E-state index is 0.0108. The van der Waals surface area contributed by atoms with E-state index in [1.54, 1.807) is 30.3 Å². The molecule has 0 aromatic heterocycles. The Balaban J connectivity index is 1.05. The van der Waals surface area contributed by atoms with Gasteiger partial charge in [-0.1, -0.05) is 42.1 Å². The zero-order chi connectivity index (χ0) is 31.6. The molecule has 3 aromatic carbocycles. The number of aliphatic imine (C=N–C) groups is 2. The quantitative estimate of drug-likeness (QED) is 0.298. The lowest BCUT2D eigenvalue weighted by Gasteiger charge is -2.25. The van der Waals surface area contributed by atoms with Crippen LogP contribution in [0.15, 0.2) is 81.6 Å². The monoisotopic (exact) mass is 648 g/mol. The first-order chi connectivity index (χ1) is 21.7. The zero-order valence-electron chi connectivity index (χ0n) is 23.8. The number of nitrogens with one attached hydrogen (secondary N) is 2. The first-order valence-electron chi connectivity index (χ1n) is 13.9. The molecule has 4 N–H and O–H groups in total. The number of primary sulfonamides is 1. The number of hydrogen-bond acceptors (Lipinski definition) is 10. The molecule has 0 spiro atoms. The van der Waals surface area contributed by atoms with Crippen LogP contribution in [0.4, 0.5) is 5.69 Å². The Morgan fingerprint density at radius 2 is 1.73 bits per heavy atom. The van der Waals surface area contributed by atoms with E-state index in [1.807, 2.05) is 24.3 Å². The van der Waals surface area contributed by atoms with E-state index in [-0.39, 0.29) is 42.2 Å². The van der Waals surface area contributed by atoms with Crippen LogP contribution in [0.5, 0.6) is 11.5 Å². The van der Waals surface area contributed by atoms with Gasteiger partial charge in [-0.25, -0.2) is 23.4 Å². The van der Waals surface area contributed by atoms with Crippen molar-refractivity contribution < 1.29 is 32.3 Å². The van der Waals surface area contributed by atoms with Crippen LogP contribution in [0.3, 0.4) is 0 Å². The fourth-order valence-corrected chi connectivity index (χ4v) is 6.25. The number of benzene rings is 3. The number of rotatable bonds is 10. The highest BCUT2D eigenvalue weighted by molar-refractivity contribution is 8.14. The third kappa shape index (κ3) is 6.84. The smallest absolute Gasteiger partial charge is 0.259 e. The molecule has 0 aliphatic carbocycles. The van der Waals surface area contributed by atoms with Crippen LogP contribution in [-0.4, -0.2) is 67.2 Å². The maximum atomic E-state index is 13.5. The van der Waals surface area contributed by atoms with Crippen molar-refractivity contribution in [1.82, 2.24) is 15.5 Å². The standard InChI is InChI=1S/C30H28N6O7S2/c31-45(40,41)20-8-5-18(6-9-20)11-12-32-27(38)16-44-30-35-22-4-2-1-3-21(22)28-34-23(29(39)36(28)30)14-26(37)33-15-19-7-10-24-25(13-19)43-17-42-24/h1-10,13,23H,11-12,14-17H2,(H,32,38)(H,33,37)(H2,31,40,41). The van der Waals surface area contributed by atoms with Gasteiger partial charge in [-0.2, -0.15) is 0 Å². The Bertz CT molecular complexity index is 1840. The zero-order valence-corrected chi connectivity index (χ0v) is 25.4. The van der Waals surface area contributed by atoms with Gasteiger partial charge >= 0.3 is 0 Å². The molecule has 0 bridgehead atoms. The van der Waals surface area contributed by atoms with Gasteiger partial charge in [0.25, 0.3) is 5.91 Å². The summed E-state index contributed by atoms with van der Waals surface area (Å²) in [5.74, 6) is 0.642. The lowest BCUT2D eigenvalue weighted by Crippen LogP contribution is -2.42.